The fraction of sp³-hybridized carbons (Fsp3) is 0.778. The van der Waals surface area contributed by atoms with E-state index >= 15 is 0 Å². The number of urea groups is 1. The lowest BCUT2D eigenvalue weighted by Crippen LogP contribution is -2.53. The van der Waals surface area contributed by atoms with E-state index in [0.717, 1.165) is 19.4 Å². The minimum Gasteiger partial charge on any atom is -0.351 e. The second-order valence-electron chi connectivity index (χ2n) is 3.93. The summed E-state index contributed by atoms with van der Waals surface area (Å²) in [5, 5.41) is 2.07. The number of nitrogens with one attached hydrogen (secondary N) is 1. The van der Waals surface area contributed by atoms with Crippen LogP contribution < -0.4 is 16.8 Å². The van der Waals surface area contributed by atoms with Crippen molar-refractivity contribution in [3.8, 4) is 0 Å². The van der Waals surface area contributed by atoms with Crippen molar-refractivity contribution in [2.75, 3.05) is 13.1 Å². The van der Waals surface area contributed by atoms with Gasteiger partial charge in [-0.05, 0) is 26.3 Å². The molecule has 0 saturated carbocycles. The molecule has 1 saturated heterocycles. The number of nitrogens with two attached hydrogens (primary N) is 2. The Morgan fingerprint density at radius 2 is 2.12 bits per heavy atom. The van der Waals surface area contributed by atoms with Crippen LogP contribution in [0.25, 0.3) is 0 Å². The third kappa shape index (κ3) is 4.34. The molecule has 0 spiro atoms. The van der Waals surface area contributed by atoms with Gasteiger partial charge in [0.15, 0.2) is 0 Å². The van der Waals surface area contributed by atoms with Gasteiger partial charge in [-0.2, -0.15) is 0 Å². The van der Waals surface area contributed by atoms with E-state index in [2.05, 4.69) is 5.32 Å². The summed E-state index contributed by atoms with van der Waals surface area (Å²) in [6, 6.07) is -1.06. The molecule has 0 bridgehead atoms. The minimum atomic E-state index is -0.812. The lowest BCUT2D eigenvalue weighted by Gasteiger charge is -2.34. The van der Waals surface area contributed by atoms with E-state index < -0.39 is 6.03 Å². The number of hydrogen-bond donors (Lipinski definition) is 3. The number of nitrogens with zero attached hydrogens (tertiary/aromatic N) is 1. The Hall–Kier alpha value is -0.850. The van der Waals surface area contributed by atoms with E-state index in [1.807, 2.05) is 4.90 Å². The average Bonchev–Trinajstić information content (AvgIpc) is 2.15. The van der Waals surface area contributed by atoms with Gasteiger partial charge in [-0.3, -0.25) is 15.0 Å². The molecule has 6 nitrogen and oxygen atoms in total. The maximum atomic E-state index is 11.5. The van der Waals surface area contributed by atoms with Crippen molar-refractivity contribution in [2.24, 2.45) is 11.5 Å². The zero-order valence-electron chi connectivity index (χ0n) is 9.31. The molecule has 0 radical (unpaired) electrons. The van der Waals surface area contributed by atoms with Crippen molar-refractivity contribution in [2.45, 2.75) is 31.8 Å². The molecule has 2 atom stereocenters. The largest absolute Gasteiger partial charge is 0.351 e. The summed E-state index contributed by atoms with van der Waals surface area (Å²) in [5.74, 6) is -0.364. The summed E-state index contributed by atoms with van der Waals surface area (Å²) in [6.07, 6.45) is 1.97. The lowest BCUT2D eigenvalue weighted by atomic mass is 10.0. The van der Waals surface area contributed by atoms with Crippen LogP contribution in [0.15, 0.2) is 0 Å². The number of likely N-dealkylation sites (tertiary alicyclic amines) is 1. The van der Waals surface area contributed by atoms with Crippen molar-refractivity contribution >= 4 is 24.3 Å². The number of carbonyl (C=O) groups excluding carboxylic acids is 2. The first-order valence-corrected chi connectivity index (χ1v) is 5.10. The van der Waals surface area contributed by atoms with Crippen molar-refractivity contribution < 1.29 is 9.59 Å². The van der Waals surface area contributed by atoms with Crippen LogP contribution in [0.4, 0.5) is 4.79 Å². The van der Waals surface area contributed by atoms with Crippen LogP contribution in [-0.2, 0) is 4.79 Å². The summed E-state index contributed by atoms with van der Waals surface area (Å²) in [4.78, 5) is 23.9. The van der Waals surface area contributed by atoms with Crippen LogP contribution in [0, 0.1) is 0 Å². The smallest absolute Gasteiger partial charge is 0.318 e. The Morgan fingerprint density at radius 3 is 2.62 bits per heavy atom. The molecule has 1 heterocycles. The first-order chi connectivity index (χ1) is 7.00. The minimum absolute atomic E-state index is 0. The molecule has 3 amide bonds. The maximum Gasteiger partial charge on any atom is 0.318 e. The molecule has 1 aliphatic heterocycles. The molecule has 94 valence electrons. The van der Waals surface area contributed by atoms with Gasteiger partial charge in [0, 0.05) is 12.6 Å². The summed E-state index contributed by atoms with van der Waals surface area (Å²) in [7, 11) is 0. The van der Waals surface area contributed by atoms with Crippen molar-refractivity contribution in [1.82, 2.24) is 10.2 Å². The van der Waals surface area contributed by atoms with Crippen LogP contribution in [0.5, 0.6) is 0 Å². The molecule has 1 aliphatic rings. The number of piperidine rings is 1. The van der Waals surface area contributed by atoms with Gasteiger partial charge in [-0.1, -0.05) is 0 Å². The first-order valence-electron chi connectivity index (χ1n) is 5.10. The van der Waals surface area contributed by atoms with Gasteiger partial charge in [-0.25, -0.2) is 4.79 Å². The van der Waals surface area contributed by atoms with E-state index in [4.69, 9.17) is 11.5 Å². The van der Waals surface area contributed by atoms with Crippen LogP contribution in [0.1, 0.15) is 19.8 Å². The highest BCUT2D eigenvalue weighted by Gasteiger charge is 2.26. The predicted molar refractivity (Wildman–Crippen MR) is 63.2 cm³/mol. The lowest BCUT2D eigenvalue weighted by molar-refractivity contribution is -0.125. The summed E-state index contributed by atoms with van der Waals surface area (Å²) in [5.41, 5.74) is 10.7. The zero-order chi connectivity index (χ0) is 11.4. The third-order valence-corrected chi connectivity index (χ3v) is 2.66. The molecule has 1 rings (SSSR count). The van der Waals surface area contributed by atoms with Crippen LogP contribution in [0.2, 0.25) is 0 Å². The second-order valence-corrected chi connectivity index (χ2v) is 3.93. The number of primary amides is 1. The number of amides is 3. The van der Waals surface area contributed by atoms with E-state index in [1.54, 1.807) is 6.92 Å². The number of rotatable bonds is 2. The van der Waals surface area contributed by atoms with Gasteiger partial charge in [0.05, 0.1) is 6.04 Å². The van der Waals surface area contributed by atoms with Crippen LogP contribution in [-0.4, -0.2) is 42.0 Å². The van der Waals surface area contributed by atoms with Gasteiger partial charge in [0.1, 0.15) is 0 Å². The molecule has 0 aromatic carbocycles. The fourth-order valence-corrected chi connectivity index (χ4v) is 1.78. The quantitative estimate of drug-likeness (QED) is 0.610. The van der Waals surface area contributed by atoms with Gasteiger partial charge >= 0.3 is 6.03 Å². The molecule has 1 unspecified atom stereocenters. The average molecular weight is 251 g/mol. The zero-order valence-corrected chi connectivity index (χ0v) is 10.1. The van der Waals surface area contributed by atoms with E-state index in [-0.39, 0.29) is 30.4 Å². The summed E-state index contributed by atoms with van der Waals surface area (Å²) in [6.45, 7) is 3.27. The fourth-order valence-electron chi connectivity index (χ4n) is 1.78. The highest BCUT2D eigenvalue weighted by atomic mass is 35.5. The summed E-state index contributed by atoms with van der Waals surface area (Å²) >= 11 is 0. The van der Waals surface area contributed by atoms with Gasteiger partial charge in [-0.15, -0.1) is 12.4 Å². The highest BCUT2D eigenvalue weighted by Crippen LogP contribution is 2.11. The number of carbonyl (C=O) groups is 2. The van der Waals surface area contributed by atoms with Crippen LogP contribution in [0.3, 0.4) is 0 Å². The molecule has 16 heavy (non-hydrogen) atoms. The second kappa shape index (κ2) is 6.67. The molecular formula is C9H19ClN4O2. The van der Waals surface area contributed by atoms with E-state index in [9.17, 15) is 9.59 Å². The molecule has 0 aliphatic carbocycles. The number of imide groups is 1. The Labute approximate surface area is 101 Å². The molecule has 5 N–H and O–H groups in total. The monoisotopic (exact) mass is 250 g/mol. The SMILES string of the molecule is CC(C(=O)NC(N)=O)N1CCC[C@@H](N)C1.Cl. The molecule has 7 heteroatoms. The Bertz CT molecular complexity index is 262. The van der Waals surface area contributed by atoms with Gasteiger partial charge < -0.3 is 11.5 Å². The molecule has 0 aromatic heterocycles. The molecular weight excluding hydrogens is 232 g/mol. The van der Waals surface area contributed by atoms with Crippen LogP contribution >= 0.6 is 12.4 Å². The standard InChI is InChI=1S/C9H18N4O2.ClH/c1-6(8(14)12-9(11)15)13-4-2-3-7(10)5-13;/h6-7H,2-5,10H2,1H3,(H3,11,12,14,15);1H/t6?,7-;/m1./s1. The molecule has 0 aromatic rings. The summed E-state index contributed by atoms with van der Waals surface area (Å²) < 4.78 is 0. The topological polar surface area (TPSA) is 101 Å². The Morgan fingerprint density at radius 1 is 1.50 bits per heavy atom. The Balaban J connectivity index is 0.00000225. The Kier molecular flexibility index (Phi) is 6.32. The normalized spacial score (nSPS) is 23.0. The van der Waals surface area contributed by atoms with E-state index in [0.29, 0.717) is 6.54 Å². The third-order valence-electron chi connectivity index (χ3n) is 2.66. The number of halogens is 1. The maximum absolute atomic E-state index is 11.5. The van der Waals surface area contributed by atoms with Gasteiger partial charge in [0.2, 0.25) is 5.91 Å². The van der Waals surface area contributed by atoms with Crippen molar-refractivity contribution in [3.05, 3.63) is 0 Å². The first kappa shape index (κ1) is 15.2. The predicted octanol–water partition coefficient (Wildman–Crippen LogP) is -0.585. The van der Waals surface area contributed by atoms with Gasteiger partial charge in [0.25, 0.3) is 0 Å². The molecule has 1 fully saturated rings. The highest BCUT2D eigenvalue weighted by molar-refractivity contribution is 5.96. The number of hydrogen-bond acceptors (Lipinski definition) is 4. The van der Waals surface area contributed by atoms with Crippen molar-refractivity contribution in [1.29, 1.82) is 0 Å². The van der Waals surface area contributed by atoms with Crippen molar-refractivity contribution in [3.63, 3.8) is 0 Å². The van der Waals surface area contributed by atoms with E-state index in [1.165, 1.54) is 0 Å².